The van der Waals surface area contributed by atoms with Crippen LogP contribution in [-0.4, -0.2) is 105 Å². The van der Waals surface area contributed by atoms with Gasteiger partial charge in [-0.1, -0.05) is 0 Å². The van der Waals surface area contributed by atoms with Crippen molar-refractivity contribution in [1.82, 2.24) is 0 Å². The summed E-state index contributed by atoms with van der Waals surface area (Å²) in [6, 6.07) is 0. The van der Waals surface area contributed by atoms with E-state index in [-0.39, 0.29) is 42.7 Å². The number of aliphatic hydroxyl groups is 2. The molecule has 2 N–H and O–H groups in total. The third-order valence-electron chi connectivity index (χ3n) is 6.43. The molecule has 10 heteroatoms. The van der Waals surface area contributed by atoms with E-state index in [4.69, 9.17) is 37.9 Å². The maximum absolute atomic E-state index is 10.2. The van der Waals surface area contributed by atoms with Gasteiger partial charge < -0.3 is 48.1 Å². The van der Waals surface area contributed by atoms with Crippen molar-refractivity contribution in [3.63, 3.8) is 0 Å². The van der Waals surface area contributed by atoms with E-state index in [9.17, 15) is 10.2 Å². The summed E-state index contributed by atoms with van der Waals surface area (Å²) in [5, 5.41) is 20.0. The van der Waals surface area contributed by atoms with Gasteiger partial charge in [0, 0.05) is 40.6 Å². The van der Waals surface area contributed by atoms with Gasteiger partial charge in [-0.2, -0.15) is 0 Å². The van der Waals surface area contributed by atoms with Gasteiger partial charge in [-0.3, -0.25) is 0 Å². The van der Waals surface area contributed by atoms with Crippen LogP contribution in [0.15, 0.2) is 0 Å². The van der Waals surface area contributed by atoms with Crippen LogP contribution < -0.4 is 0 Å². The van der Waals surface area contributed by atoms with Gasteiger partial charge >= 0.3 is 0 Å². The molecule has 12 atom stereocenters. The first-order valence-electron chi connectivity index (χ1n) is 11.0. The Kier molecular flexibility index (Phi) is 9.07. The van der Waals surface area contributed by atoms with Crippen LogP contribution in [0.2, 0.25) is 0 Å². The summed E-state index contributed by atoms with van der Waals surface area (Å²) in [5.41, 5.74) is 0. The monoisotopic (exact) mass is 450 g/mol. The molecule has 3 heterocycles. The van der Waals surface area contributed by atoms with E-state index in [1.54, 1.807) is 28.3 Å². The molecule has 10 nitrogen and oxygen atoms in total. The van der Waals surface area contributed by atoms with Gasteiger partial charge in [0.25, 0.3) is 0 Å². The Labute approximate surface area is 184 Å². The lowest BCUT2D eigenvalue weighted by molar-refractivity contribution is -0.334. The van der Waals surface area contributed by atoms with Gasteiger partial charge in [-0.15, -0.1) is 0 Å². The molecule has 3 fully saturated rings. The highest BCUT2D eigenvalue weighted by Gasteiger charge is 2.45. The zero-order chi connectivity index (χ0) is 22.7. The summed E-state index contributed by atoms with van der Waals surface area (Å²) in [5.74, 6) is 0. The molecule has 3 saturated heterocycles. The molecule has 0 amide bonds. The average Bonchev–Trinajstić information content (AvgIpc) is 2.73. The Morgan fingerprint density at radius 1 is 0.613 bits per heavy atom. The van der Waals surface area contributed by atoms with Gasteiger partial charge in [0.1, 0.15) is 18.3 Å². The minimum Gasteiger partial charge on any atom is -0.388 e. The molecular formula is C21H38O10. The largest absolute Gasteiger partial charge is 0.388 e. The van der Waals surface area contributed by atoms with Crippen LogP contribution in [0.4, 0.5) is 0 Å². The molecule has 0 bridgehead atoms. The van der Waals surface area contributed by atoms with E-state index in [1.165, 1.54) is 0 Å². The van der Waals surface area contributed by atoms with Crippen molar-refractivity contribution in [1.29, 1.82) is 0 Å². The number of hydrogen-bond acceptors (Lipinski definition) is 10. The van der Waals surface area contributed by atoms with Crippen LogP contribution in [0, 0.1) is 0 Å². The number of rotatable bonds is 7. The predicted molar refractivity (Wildman–Crippen MR) is 107 cm³/mol. The van der Waals surface area contributed by atoms with Crippen molar-refractivity contribution in [2.45, 2.75) is 114 Å². The molecule has 3 aliphatic rings. The summed E-state index contributed by atoms with van der Waals surface area (Å²) in [6.45, 7) is 5.54. The summed E-state index contributed by atoms with van der Waals surface area (Å²) < 4.78 is 46.4. The first kappa shape index (κ1) is 25.2. The van der Waals surface area contributed by atoms with Crippen molar-refractivity contribution in [3.8, 4) is 0 Å². The Morgan fingerprint density at radius 3 is 1.61 bits per heavy atom. The van der Waals surface area contributed by atoms with Crippen molar-refractivity contribution in [2.24, 2.45) is 0 Å². The van der Waals surface area contributed by atoms with E-state index in [2.05, 4.69) is 0 Å². The van der Waals surface area contributed by atoms with Gasteiger partial charge in [0.2, 0.25) is 0 Å². The van der Waals surface area contributed by atoms with Crippen LogP contribution in [0.25, 0.3) is 0 Å². The SMILES string of the molecule is CO[C@@H]1C[C@H](O[C@H]2[C@H](C)O[C@@H](O[C@H]3[C@H](C)O[C@H](O)C[C@H]3OC)C[C@H]2OC)O[C@@H](C)[C@@H]1O. The van der Waals surface area contributed by atoms with Crippen molar-refractivity contribution < 1.29 is 48.1 Å². The van der Waals surface area contributed by atoms with Gasteiger partial charge in [0.05, 0.1) is 36.6 Å². The van der Waals surface area contributed by atoms with Gasteiger partial charge in [-0.25, -0.2) is 0 Å². The third-order valence-corrected chi connectivity index (χ3v) is 6.43. The van der Waals surface area contributed by atoms with E-state index >= 15 is 0 Å². The van der Waals surface area contributed by atoms with Crippen LogP contribution in [-0.2, 0) is 37.9 Å². The maximum atomic E-state index is 10.2. The van der Waals surface area contributed by atoms with Crippen molar-refractivity contribution >= 4 is 0 Å². The molecule has 0 aromatic heterocycles. The molecule has 0 saturated carbocycles. The Morgan fingerprint density at radius 2 is 1.06 bits per heavy atom. The summed E-state index contributed by atoms with van der Waals surface area (Å²) >= 11 is 0. The molecule has 182 valence electrons. The molecule has 0 spiro atoms. The van der Waals surface area contributed by atoms with Gasteiger partial charge in [-0.05, 0) is 20.8 Å². The van der Waals surface area contributed by atoms with Crippen LogP contribution in [0.3, 0.4) is 0 Å². The zero-order valence-corrected chi connectivity index (χ0v) is 19.2. The van der Waals surface area contributed by atoms with Crippen molar-refractivity contribution in [2.75, 3.05) is 21.3 Å². The minimum atomic E-state index is -0.872. The third kappa shape index (κ3) is 5.94. The Bertz CT molecular complexity index is 550. The normalized spacial score (nSPS) is 49.2. The van der Waals surface area contributed by atoms with Crippen LogP contribution >= 0.6 is 0 Å². The van der Waals surface area contributed by atoms with E-state index in [1.807, 2.05) is 13.8 Å². The second kappa shape index (κ2) is 11.1. The number of methoxy groups -OCH3 is 3. The lowest BCUT2D eigenvalue weighted by atomic mass is 9.99. The van der Waals surface area contributed by atoms with E-state index in [0.717, 1.165) is 0 Å². The zero-order valence-electron chi connectivity index (χ0n) is 19.2. The number of aliphatic hydroxyl groups excluding tert-OH is 2. The minimum absolute atomic E-state index is 0.285. The van der Waals surface area contributed by atoms with Crippen molar-refractivity contribution in [3.05, 3.63) is 0 Å². The molecule has 0 aliphatic carbocycles. The molecular weight excluding hydrogens is 412 g/mol. The number of ether oxygens (including phenoxy) is 8. The first-order chi connectivity index (χ1) is 14.8. The summed E-state index contributed by atoms with van der Waals surface area (Å²) in [6.07, 6.45) is -4.26. The Hall–Kier alpha value is -0.400. The highest BCUT2D eigenvalue weighted by atomic mass is 16.7. The predicted octanol–water partition coefficient (Wildman–Crippen LogP) is 0.560. The van der Waals surface area contributed by atoms with E-state index < -0.39 is 31.1 Å². The van der Waals surface area contributed by atoms with Gasteiger partial charge in [0.15, 0.2) is 18.9 Å². The fourth-order valence-corrected chi connectivity index (χ4v) is 4.64. The Balaban J connectivity index is 1.60. The molecule has 0 aromatic carbocycles. The maximum Gasteiger partial charge on any atom is 0.161 e. The quantitative estimate of drug-likeness (QED) is 0.570. The van der Waals surface area contributed by atoms with Crippen LogP contribution in [0.1, 0.15) is 40.0 Å². The standard InChI is InChI=1S/C21H38O10/c1-10-19(23)13(24-4)8-17(28-10)30-21-12(3)29-18(9-15(21)26-6)31-20-11(2)27-16(22)7-14(20)25-5/h10-23H,7-9H2,1-6H3/t10-,11-,12-,13+,14+,15+,16-,17-,18-,19-,20-,21-/m0/s1. The fraction of sp³-hybridized carbons (Fsp3) is 1.00. The first-order valence-corrected chi connectivity index (χ1v) is 11.0. The summed E-state index contributed by atoms with van der Waals surface area (Å²) in [4.78, 5) is 0. The van der Waals surface area contributed by atoms with Crippen LogP contribution in [0.5, 0.6) is 0 Å². The van der Waals surface area contributed by atoms with E-state index in [0.29, 0.717) is 19.3 Å². The summed E-state index contributed by atoms with van der Waals surface area (Å²) in [7, 11) is 4.79. The second-order valence-electron chi connectivity index (χ2n) is 8.56. The molecule has 0 aromatic rings. The topological polar surface area (TPSA) is 114 Å². The molecule has 0 unspecified atom stereocenters. The fourth-order valence-electron chi connectivity index (χ4n) is 4.64. The molecule has 0 radical (unpaired) electrons. The molecule has 31 heavy (non-hydrogen) atoms. The lowest BCUT2D eigenvalue weighted by Crippen LogP contribution is -2.56. The number of hydrogen-bond donors (Lipinski definition) is 2. The average molecular weight is 451 g/mol. The highest BCUT2D eigenvalue weighted by molar-refractivity contribution is 4.88. The molecule has 3 aliphatic heterocycles. The highest BCUT2D eigenvalue weighted by Crippen LogP contribution is 2.33. The molecule has 3 rings (SSSR count). The smallest absolute Gasteiger partial charge is 0.161 e. The lowest BCUT2D eigenvalue weighted by Gasteiger charge is -2.45. The second-order valence-corrected chi connectivity index (χ2v) is 8.56.